The van der Waals surface area contributed by atoms with Crippen LogP contribution in [0.15, 0.2) is 41.3 Å². The average molecular weight is 610 g/mol. The Morgan fingerprint density at radius 1 is 0.932 bits per heavy atom. The van der Waals surface area contributed by atoms with E-state index in [-0.39, 0.29) is 28.4 Å². The maximum atomic E-state index is 15.7. The molecule has 1 heterocycles. The third-order valence-electron chi connectivity index (χ3n) is 8.02. The molecule has 0 aliphatic rings. The highest BCUT2D eigenvalue weighted by molar-refractivity contribution is 5.82. The van der Waals surface area contributed by atoms with Crippen molar-refractivity contribution >= 4 is 11.9 Å². The fourth-order valence-electron chi connectivity index (χ4n) is 5.66. The molecule has 3 rings (SSSR count). The zero-order chi connectivity index (χ0) is 32.9. The molecule has 0 saturated heterocycles. The molecule has 0 fully saturated rings. The molecule has 2 atom stereocenters. The molecule has 0 saturated carbocycles. The molecule has 2 N–H and O–H groups in total. The molecule has 2 aromatic carbocycles. The Balaban J connectivity index is 2.10. The number of amides is 1. The number of carboxylic acids is 1. The lowest BCUT2D eigenvalue weighted by atomic mass is 9.90. The van der Waals surface area contributed by atoms with Crippen LogP contribution in [0.3, 0.4) is 0 Å². The number of carbonyl (C=O) groups excluding carboxylic acids is 1. The number of carbonyl (C=O) groups is 2. The second-order valence-corrected chi connectivity index (χ2v) is 12.5. The fourth-order valence-corrected chi connectivity index (χ4v) is 5.66. The van der Waals surface area contributed by atoms with Crippen LogP contribution < -0.4 is 10.9 Å². The van der Waals surface area contributed by atoms with E-state index in [9.17, 15) is 23.9 Å². The molecule has 0 spiro atoms. The molecule has 0 aliphatic carbocycles. The van der Waals surface area contributed by atoms with Crippen LogP contribution in [-0.4, -0.2) is 47.1 Å². The first-order valence-corrected chi connectivity index (χ1v) is 15.0. The number of carboxylic acid groups (broad SMARTS) is 1. The van der Waals surface area contributed by atoms with E-state index in [1.54, 1.807) is 33.0 Å². The highest BCUT2D eigenvalue weighted by Gasteiger charge is 2.29. The molecule has 1 unspecified atom stereocenters. The normalized spacial score (nSPS) is 12.9. The number of pyridine rings is 1. The lowest BCUT2D eigenvalue weighted by molar-refractivity contribution is -0.138. The number of likely N-dealkylation sites (N-methyl/N-ethyl adjacent to an activating group) is 1. The van der Waals surface area contributed by atoms with Gasteiger partial charge in [-0.1, -0.05) is 13.8 Å². The van der Waals surface area contributed by atoms with Crippen LogP contribution in [0, 0.1) is 45.2 Å². The molecule has 238 valence electrons. The van der Waals surface area contributed by atoms with E-state index < -0.39 is 36.2 Å². The van der Waals surface area contributed by atoms with Crippen molar-refractivity contribution in [2.24, 2.45) is 5.92 Å². The number of nitrogens with zero attached hydrogens (tertiary/aromatic N) is 2. The number of nitrogens with one attached hydrogen (secondary N) is 1. The Bertz CT molecular complexity index is 1560. The summed E-state index contributed by atoms with van der Waals surface area (Å²) in [5, 5.41) is 12.6. The molecule has 1 amide bonds. The molecular formula is C35H45F2N3O4. The summed E-state index contributed by atoms with van der Waals surface area (Å²) in [6, 6.07) is 5.34. The van der Waals surface area contributed by atoms with Gasteiger partial charge in [0.15, 0.2) is 0 Å². The van der Waals surface area contributed by atoms with E-state index in [2.05, 4.69) is 5.32 Å². The van der Waals surface area contributed by atoms with Crippen LogP contribution >= 0.6 is 0 Å². The SMILES string of the molecule is Cc1cc(=O)n(C(CCC(C)C)C(=O)N[C@@H](CC(=O)O)c2cc(-c3c(C)cc(F)cc3C)cc(C)c2F)cc1CCN(C)C. The van der Waals surface area contributed by atoms with Crippen LogP contribution in [0.1, 0.15) is 78.6 Å². The number of aliphatic carboxylic acids is 1. The minimum Gasteiger partial charge on any atom is -0.481 e. The number of aryl methyl sites for hydroxylation is 4. The van der Waals surface area contributed by atoms with Crippen molar-refractivity contribution < 1.29 is 23.5 Å². The van der Waals surface area contributed by atoms with Gasteiger partial charge in [0.05, 0.1) is 12.5 Å². The van der Waals surface area contributed by atoms with Gasteiger partial charge >= 0.3 is 5.97 Å². The van der Waals surface area contributed by atoms with Gasteiger partial charge in [0.25, 0.3) is 5.56 Å². The number of aromatic nitrogens is 1. The van der Waals surface area contributed by atoms with Crippen LogP contribution in [0.2, 0.25) is 0 Å². The summed E-state index contributed by atoms with van der Waals surface area (Å²) in [6.07, 6.45) is 2.82. The van der Waals surface area contributed by atoms with Gasteiger partial charge < -0.3 is 19.9 Å². The number of hydrogen-bond acceptors (Lipinski definition) is 4. The average Bonchev–Trinajstić information content (AvgIpc) is 2.89. The number of halogens is 2. The Morgan fingerprint density at radius 2 is 1.57 bits per heavy atom. The predicted molar refractivity (Wildman–Crippen MR) is 170 cm³/mol. The summed E-state index contributed by atoms with van der Waals surface area (Å²) in [5.74, 6) is -2.55. The quantitative estimate of drug-likeness (QED) is 0.233. The molecular weight excluding hydrogens is 564 g/mol. The van der Waals surface area contributed by atoms with Gasteiger partial charge in [-0.3, -0.25) is 14.4 Å². The van der Waals surface area contributed by atoms with Crippen LogP contribution in [0.5, 0.6) is 0 Å². The highest BCUT2D eigenvalue weighted by atomic mass is 19.1. The van der Waals surface area contributed by atoms with Crippen molar-refractivity contribution in [3.05, 3.63) is 91.9 Å². The molecule has 3 aromatic rings. The van der Waals surface area contributed by atoms with Crippen molar-refractivity contribution in [3.8, 4) is 11.1 Å². The molecule has 44 heavy (non-hydrogen) atoms. The molecule has 9 heteroatoms. The number of rotatable bonds is 13. The Labute approximate surface area is 258 Å². The second kappa shape index (κ2) is 14.8. The smallest absolute Gasteiger partial charge is 0.305 e. The maximum absolute atomic E-state index is 15.7. The fraction of sp³-hybridized carbons (Fsp3) is 0.457. The zero-order valence-electron chi connectivity index (χ0n) is 27.1. The van der Waals surface area contributed by atoms with Crippen molar-refractivity contribution in [2.45, 2.75) is 79.3 Å². The lowest BCUT2D eigenvalue weighted by Gasteiger charge is -2.26. The monoisotopic (exact) mass is 609 g/mol. The van der Waals surface area contributed by atoms with E-state index >= 15 is 4.39 Å². The number of benzene rings is 2. The first-order chi connectivity index (χ1) is 20.6. The van der Waals surface area contributed by atoms with Gasteiger partial charge in [0, 0.05) is 24.4 Å². The number of hydrogen-bond donors (Lipinski definition) is 2. The second-order valence-electron chi connectivity index (χ2n) is 12.5. The molecule has 0 aliphatic heterocycles. The van der Waals surface area contributed by atoms with E-state index in [1.165, 1.54) is 28.8 Å². The zero-order valence-corrected chi connectivity index (χ0v) is 27.1. The summed E-state index contributed by atoms with van der Waals surface area (Å²) in [6.45, 7) is 11.7. The van der Waals surface area contributed by atoms with Gasteiger partial charge in [-0.15, -0.1) is 0 Å². The molecule has 7 nitrogen and oxygen atoms in total. The van der Waals surface area contributed by atoms with E-state index in [0.717, 1.165) is 17.7 Å². The minimum atomic E-state index is -1.22. The summed E-state index contributed by atoms with van der Waals surface area (Å²) in [5.41, 5.74) is 4.32. The predicted octanol–water partition coefficient (Wildman–Crippen LogP) is 6.44. The molecule has 0 bridgehead atoms. The van der Waals surface area contributed by atoms with Crippen molar-refractivity contribution in [3.63, 3.8) is 0 Å². The first-order valence-electron chi connectivity index (χ1n) is 15.0. The topological polar surface area (TPSA) is 91.6 Å². The van der Waals surface area contributed by atoms with E-state index in [4.69, 9.17) is 0 Å². The third kappa shape index (κ3) is 8.62. The minimum absolute atomic E-state index is 0.0180. The van der Waals surface area contributed by atoms with E-state index in [1.807, 2.05) is 39.8 Å². The van der Waals surface area contributed by atoms with Gasteiger partial charge in [-0.05, 0) is 130 Å². The van der Waals surface area contributed by atoms with Gasteiger partial charge in [0.2, 0.25) is 5.91 Å². The van der Waals surface area contributed by atoms with Crippen molar-refractivity contribution in [1.82, 2.24) is 14.8 Å². The van der Waals surface area contributed by atoms with E-state index in [0.29, 0.717) is 41.5 Å². The Kier molecular flexibility index (Phi) is 11.6. The van der Waals surface area contributed by atoms with Gasteiger partial charge in [-0.2, -0.15) is 0 Å². The third-order valence-corrected chi connectivity index (χ3v) is 8.02. The summed E-state index contributed by atoms with van der Waals surface area (Å²) < 4.78 is 31.2. The maximum Gasteiger partial charge on any atom is 0.305 e. The molecule has 0 radical (unpaired) electrons. The van der Waals surface area contributed by atoms with Crippen molar-refractivity contribution in [1.29, 1.82) is 0 Å². The van der Waals surface area contributed by atoms with Gasteiger partial charge in [0.1, 0.15) is 17.7 Å². The van der Waals surface area contributed by atoms with Crippen LogP contribution in [0.25, 0.3) is 11.1 Å². The lowest BCUT2D eigenvalue weighted by Crippen LogP contribution is -2.40. The summed E-state index contributed by atoms with van der Waals surface area (Å²) in [4.78, 5) is 41.3. The Hall–Kier alpha value is -3.85. The molecule has 1 aromatic heterocycles. The van der Waals surface area contributed by atoms with Gasteiger partial charge in [-0.25, -0.2) is 8.78 Å². The summed E-state index contributed by atoms with van der Waals surface area (Å²) >= 11 is 0. The van der Waals surface area contributed by atoms with Crippen LogP contribution in [0.4, 0.5) is 8.78 Å². The van der Waals surface area contributed by atoms with Crippen molar-refractivity contribution in [2.75, 3.05) is 20.6 Å². The largest absolute Gasteiger partial charge is 0.481 e. The highest BCUT2D eigenvalue weighted by Crippen LogP contribution is 2.34. The standard InChI is InChI=1S/C35H45F2N3O4/c1-20(2)9-10-30(40-19-25(11-12-39(7)8)21(3)16-31(40)41)35(44)38-29(18-32(42)43)28-17-26(13-24(6)34(28)37)33-22(4)14-27(36)15-23(33)5/h13-17,19-20,29-30H,9-12,18H2,1-8H3,(H,38,44)(H,42,43)/t29-,30?/m0/s1. The summed E-state index contributed by atoms with van der Waals surface area (Å²) in [7, 11) is 3.92. The first kappa shape index (κ1) is 34.6. The Morgan fingerprint density at radius 3 is 2.14 bits per heavy atom. The van der Waals surface area contributed by atoms with Crippen LogP contribution in [-0.2, 0) is 16.0 Å².